The zero-order valence-corrected chi connectivity index (χ0v) is 15.7. The van der Waals surface area contributed by atoms with Crippen LogP contribution in [0.3, 0.4) is 0 Å². The lowest BCUT2D eigenvalue weighted by atomic mass is 10.0. The summed E-state index contributed by atoms with van der Waals surface area (Å²) in [5.74, 6) is -2.14. The van der Waals surface area contributed by atoms with Gasteiger partial charge in [0.1, 0.15) is 17.1 Å². The number of carbonyl (C=O) groups excluding carboxylic acids is 2. The molecule has 3 rings (SSSR count). The standard InChI is InChI=1S/C21H19FN2O4/c1-4-13-10-11-15(16(22)12-13)18-17(20(25)27-2)19(21(26)28-3)24(23-18)14-8-6-5-7-9-14/h5-12H,4H2,1-3H3. The topological polar surface area (TPSA) is 70.4 Å². The van der Waals surface area contributed by atoms with E-state index in [0.29, 0.717) is 12.1 Å². The molecule has 0 radical (unpaired) electrons. The van der Waals surface area contributed by atoms with Gasteiger partial charge in [-0.05, 0) is 36.2 Å². The average Bonchev–Trinajstić information content (AvgIpc) is 3.13. The predicted molar refractivity (Wildman–Crippen MR) is 101 cm³/mol. The minimum Gasteiger partial charge on any atom is -0.465 e. The van der Waals surface area contributed by atoms with Crippen LogP contribution in [0.15, 0.2) is 48.5 Å². The number of ether oxygens (including phenoxy) is 2. The molecule has 144 valence electrons. The van der Waals surface area contributed by atoms with Crippen LogP contribution >= 0.6 is 0 Å². The zero-order valence-electron chi connectivity index (χ0n) is 15.7. The Morgan fingerprint density at radius 2 is 1.71 bits per heavy atom. The summed E-state index contributed by atoms with van der Waals surface area (Å²) in [4.78, 5) is 25.0. The second-order valence-corrected chi connectivity index (χ2v) is 5.97. The van der Waals surface area contributed by atoms with Crippen molar-refractivity contribution in [3.05, 3.63) is 71.2 Å². The molecule has 0 spiro atoms. The van der Waals surface area contributed by atoms with Crippen molar-refractivity contribution in [1.29, 1.82) is 0 Å². The number of hydrogen-bond acceptors (Lipinski definition) is 5. The Hall–Kier alpha value is -3.48. The fourth-order valence-corrected chi connectivity index (χ4v) is 2.91. The van der Waals surface area contributed by atoms with Crippen LogP contribution in [-0.2, 0) is 15.9 Å². The van der Waals surface area contributed by atoms with Gasteiger partial charge in [-0.2, -0.15) is 5.10 Å². The number of nitrogens with zero attached hydrogens (tertiary/aromatic N) is 2. The van der Waals surface area contributed by atoms with Crippen LogP contribution < -0.4 is 0 Å². The lowest BCUT2D eigenvalue weighted by Crippen LogP contribution is -2.15. The number of para-hydroxylation sites is 1. The van der Waals surface area contributed by atoms with E-state index in [1.807, 2.05) is 6.92 Å². The first-order valence-corrected chi connectivity index (χ1v) is 8.65. The van der Waals surface area contributed by atoms with Gasteiger partial charge >= 0.3 is 11.9 Å². The van der Waals surface area contributed by atoms with Crippen molar-refractivity contribution in [2.75, 3.05) is 14.2 Å². The number of carbonyl (C=O) groups is 2. The number of methoxy groups -OCH3 is 2. The van der Waals surface area contributed by atoms with E-state index in [9.17, 15) is 14.0 Å². The van der Waals surface area contributed by atoms with Crippen LogP contribution in [0.4, 0.5) is 4.39 Å². The van der Waals surface area contributed by atoms with Gasteiger partial charge in [-0.15, -0.1) is 0 Å². The summed E-state index contributed by atoms with van der Waals surface area (Å²) in [6.45, 7) is 1.91. The van der Waals surface area contributed by atoms with E-state index >= 15 is 0 Å². The maximum atomic E-state index is 14.8. The van der Waals surface area contributed by atoms with Crippen molar-refractivity contribution < 1.29 is 23.5 Å². The van der Waals surface area contributed by atoms with Crippen molar-refractivity contribution >= 4 is 11.9 Å². The number of halogens is 1. The third-order valence-electron chi connectivity index (χ3n) is 4.35. The minimum atomic E-state index is -0.809. The molecule has 7 heteroatoms. The summed E-state index contributed by atoms with van der Waals surface area (Å²) in [6, 6.07) is 13.4. The Morgan fingerprint density at radius 1 is 1.04 bits per heavy atom. The van der Waals surface area contributed by atoms with Crippen molar-refractivity contribution in [3.8, 4) is 16.9 Å². The van der Waals surface area contributed by atoms with Crippen LogP contribution in [0.2, 0.25) is 0 Å². The predicted octanol–water partition coefficient (Wildman–Crippen LogP) is 3.81. The average molecular weight is 382 g/mol. The molecular formula is C21H19FN2O4. The summed E-state index contributed by atoms with van der Waals surface area (Å²) in [7, 11) is 2.38. The fourth-order valence-electron chi connectivity index (χ4n) is 2.91. The van der Waals surface area contributed by atoms with Crippen molar-refractivity contribution in [2.24, 2.45) is 0 Å². The summed E-state index contributed by atoms with van der Waals surface area (Å²) >= 11 is 0. The molecule has 28 heavy (non-hydrogen) atoms. The van der Waals surface area contributed by atoms with Crippen LogP contribution in [0.1, 0.15) is 33.3 Å². The van der Waals surface area contributed by atoms with E-state index in [1.54, 1.807) is 42.5 Å². The Labute approximate surface area is 161 Å². The molecule has 0 bridgehead atoms. The van der Waals surface area contributed by atoms with E-state index in [0.717, 1.165) is 5.56 Å². The summed E-state index contributed by atoms with van der Waals surface area (Å²) in [5.41, 5.74) is 1.14. The largest absolute Gasteiger partial charge is 0.465 e. The second-order valence-electron chi connectivity index (χ2n) is 5.97. The Bertz CT molecular complexity index is 1030. The molecule has 0 saturated heterocycles. The molecule has 0 unspecified atom stereocenters. The van der Waals surface area contributed by atoms with Crippen LogP contribution in [0, 0.1) is 5.82 Å². The van der Waals surface area contributed by atoms with Gasteiger partial charge in [-0.1, -0.05) is 31.2 Å². The first-order valence-electron chi connectivity index (χ1n) is 8.65. The van der Waals surface area contributed by atoms with Crippen LogP contribution in [-0.4, -0.2) is 35.9 Å². The van der Waals surface area contributed by atoms with Gasteiger partial charge in [0, 0.05) is 5.56 Å². The first kappa shape index (κ1) is 19.3. The van der Waals surface area contributed by atoms with Gasteiger partial charge < -0.3 is 9.47 Å². The molecule has 0 atom stereocenters. The van der Waals surface area contributed by atoms with E-state index < -0.39 is 17.8 Å². The molecule has 2 aromatic carbocycles. The van der Waals surface area contributed by atoms with Crippen molar-refractivity contribution in [3.63, 3.8) is 0 Å². The zero-order chi connectivity index (χ0) is 20.3. The maximum absolute atomic E-state index is 14.8. The Kier molecular flexibility index (Phi) is 5.54. The molecular weight excluding hydrogens is 363 g/mol. The highest BCUT2D eigenvalue weighted by molar-refractivity contribution is 6.06. The van der Waals surface area contributed by atoms with Crippen LogP contribution in [0.25, 0.3) is 16.9 Å². The summed E-state index contributed by atoms with van der Waals surface area (Å²) < 4.78 is 25.7. The highest BCUT2D eigenvalue weighted by atomic mass is 19.1. The molecule has 0 N–H and O–H groups in total. The molecule has 3 aromatic rings. The van der Waals surface area contributed by atoms with E-state index in [-0.39, 0.29) is 22.5 Å². The third kappa shape index (κ3) is 3.38. The molecule has 0 aliphatic carbocycles. The second kappa shape index (κ2) is 8.04. The Balaban J connectivity index is 2.35. The summed E-state index contributed by atoms with van der Waals surface area (Å²) in [6.07, 6.45) is 0.660. The first-order chi connectivity index (χ1) is 13.5. The normalized spacial score (nSPS) is 10.6. The van der Waals surface area contributed by atoms with E-state index in [2.05, 4.69) is 5.10 Å². The van der Waals surface area contributed by atoms with E-state index in [4.69, 9.17) is 9.47 Å². The lowest BCUT2D eigenvalue weighted by Gasteiger charge is -2.07. The molecule has 1 heterocycles. The number of aromatic nitrogens is 2. The molecule has 1 aromatic heterocycles. The molecule has 0 aliphatic rings. The lowest BCUT2D eigenvalue weighted by molar-refractivity contribution is 0.0549. The quantitative estimate of drug-likeness (QED) is 0.628. The van der Waals surface area contributed by atoms with Gasteiger partial charge in [-0.25, -0.2) is 18.7 Å². The third-order valence-corrected chi connectivity index (χ3v) is 4.35. The number of hydrogen-bond donors (Lipinski definition) is 0. The monoisotopic (exact) mass is 382 g/mol. The highest BCUT2D eigenvalue weighted by Gasteiger charge is 2.32. The maximum Gasteiger partial charge on any atom is 0.357 e. The molecule has 0 saturated carbocycles. The summed E-state index contributed by atoms with van der Waals surface area (Å²) in [5, 5.41) is 4.38. The van der Waals surface area contributed by atoms with Crippen LogP contribution in [0.5, 0.6) is 0 Å². The smallest absolute Gasteiger partial charge is 0.357 e. The van der Waals surface area contributed by atoms with E-state index in [1.165, 1.54) is 25.0 Å². The fraction of sp³-hybridized carbons (Fsp3) is 0.190. The van der Waals surface area contributed by atoms with Gasteiger partial charge in [0.2, 0.25) is 0 Å². The number of esters is 2. The molecule has 6 nitrogen and oxygen atoms in total. The van der Waals surface area contributed by atoms with Crippen molar-refractivity contribution in [1.82, 2.24) is 9.78 Å². The Morgan fingerprint density at radius 3 is 2.29 bits per heavy atom. The van der Waals surface area contributed by atoms with Crippen molar-refractivity contribution in [2.45, 2.75) is 13.3 Å². The number of benzene rings is 2. The molecule has 0 fully saturated rings. The SMILES string of the molecule is CCc1ccc(-c2nn(-c3ccccc3)c(C(=O)OC)c2C(=O)OC)c(F)c1. The molecule has 0 aliphatic heterocycles. The molecule has 0 amide bonds. The minimum absolute atomic E-state index is 0.0104. The van der Waals surface area contributed by atoms with Gasteiger partial charge in [-0.3, -0.25) is 0 Å². The van der Waals surface area contributed by atoms with Gasteiger partial charge in [0.25, 0.3) is 0 Å². The highest BCUT2D eigenvalue weighted by Crippen LogP contribution is 2.31. The van der Waals surface area contributed by atoms with Gasteiger partial charge in [0.05, 0.1) is 19.9 Å². The van der Waals surface area contributed by atoms with Gasteiger partial charge in [0.15, 0.2) is 5.69 Å². The number of rotatable bonds is 5. The number of aryl methyl sites for hydroxylation is 1.